The van der Waals surface area contributed by atoms with Gasteiger partial charge in [-0.15, -0.1) is 0 Å². The molecule has 2 aliphatic rings. The zero-order valence-electron chi connectivity index (χ0n) is 20.5. The van der Waals surface area contributed by atoms with E-state index in [-0.39, 0.29) is 17.2 Å². The number of phenols is 1. The molecule has 1 aliphatic heterocycles. The fourth-order valence-corrected chi connectivity index (χ4v) is 5.44. The van der Waals surface area contributed by atoms with Crippen LogP contribution in [-0.2, 0) is 5.41 Å². The molecule has 0 bridgehead atoms. The van der Waals surface area contributed by atoms with E-state index in [2.05, 4.69) is 34.0 Å². The molecule has 1 heterocycles. The first-order valence-electron chi connectivity index (χ1n) is 12.5. The van der Waals surface area contributed by atoms with Crippen molar-refractivity contribution in [3.05, 3.63) is 71.8 Å². The summed E-state index contributed by atoms with van der Waals surface area (Å²) in [5.74, 6) is 0.810. The summed E-state index contributed by atoms with van der Waals surface area (Å²) in [6, 6.07) is 20.7. The van der Waals surface area contributed by atoms with Gasteiger partial charge in [0.1, 0.15) is 11.6 Å². The molecule has 184 valence electrons. The maximum Gasteiger partial charge on any atom is 0.137 e. The Labute approximate surface area is 208 Å². The van der Waals surface area contributed by atoms with Crippen molar-refractivity contribution in [3.8, 4) is 11.8 Å². The van der Waals surface area contributed by atoms with Crippen molar-refractivity contribution in [1.29, 1.82) is 5.26 Å². The van der Waals surface area contributed by atoms with E-state index in [0.717, 1.165) is 57.2 Å². The van der Waals surface area contributed by atoms with Gasteiger partial charge in [-0.05, 0) is 56.2 Å². The molecule has 7 heteroatoms. The van der Waals surface area contributed by atoms with Gasteiger partial charge in [-0.25, -0.2) is 5.43 Å². The number of nitriles is 1. The topological polar surface area (TPSA) is 110 Å². The number of hydrogen-bond donors (Lipinski definition) is 4. The predicted octanol–water partition coefficient (Wildman–Crippen LogP) is 3.68. The summed E-state index contributed by atoms with van der Waals surface area (Å²) in [6.07, 6.45) is 7.69. The Morgan fingerprint density at radius 2 is 1.74 bits per heavy atom. The number of para-hydroxylation sites is 1. The number of amidine groups is 1. The van der Waals surface area contributed by atoms with Gasteiger partial charge in [-0.3, -0.25) is 4.99 Å². The lowest BCUT2D eigenvalue weighted by Gasteiger charge is -2.42. The van der Waals surface area contributed by atoms with Crippen LogP contribution in [0.2, 0.25) is 0 Å². The number of nitrogens with two attached hydrogens (primary N) is 1. The third-order valence-corrected chi connectivity index (χ3v) is 7.45. The first-order valence-corrected chi connectivity index (χ1v) is 12.5. The van der Waals surface area contributed by atoms with Gasteiger partial charge >= 0.3 is 0 Å². The third kappa shape index (κ3) is 5.84. The van der Waals surface area contributed by atoms with Gasteiger partial charge < -0.3 is 21.2 Å². The van der Waals surface area contributed by atoms with Crippen LogP contribution in [0.1, 0.15) is 49.7 Å². The number of likely N-dealkylation sites (tertiary alicyclic amines) is 1. The van der Waals surface area contributed by atoms with E-state index in [4.69, 9.17) is 10.7 Å². The molecular formula is C28H36N6O. The van der Waals surface area contributed by atoms with Crippen LogP contribution in [0.4, 0.5) is 0 Å². The largest absolute Gasteiger partial charge is 0.507 e. The number of hydrazine groups is 1. The van der Waals surface area contributed by atoms with E-state index in [0.29, 0.717) is 23.1 Å². The fraction of sp³-hybridized carbons (Fsp3) is 0.429. The van der Waals surface area contributed by atoms with E-state index in [1.807, 2.05) is 24.3 Å². The molecule has 0 atom stereocenters. The first-order chi connectivity index (χ1) is 17.0. The summed E-state index contributed by atoms with van der Waals surface area (Å²) < 4.78 is 0. The van der Waals surface area contributed by atoms with E-state index < -0.39 is 0 Å². The summed E-state index contributed by atoms with van der Waals surface area (Å²) in [5.41, 5.74) is 14.1. The Hall–Kier alpha value is -3.34. The SMILES string of the molecule is CNNC(C=C(N)c1ccccc1O)=NC1CCN(C2CCC(C#N)(c3ccccc3)CC2)CC1. The summed E-state index contributed by atoms with van der Waals surface area (Å²) in [4.78, 5) is 7.50. The van der Waals surface area contributed by atoms with Gasteiger partial charge in [0, 0.05) is 43.5 Å². The smallest absolute Gasteiger partial charge is 0.137 e. The highest BCUT2D eigenvalue weighted by Crippen LogP contribution is 2.40. The van der Waals surface area contributed by atoms with Crippen LogP contribution in [-0.4, -0.2) is 48.1 Å². The third-order valence-electron chi connectivity index (χ3n) is 7.45. The zero-order chi connectivity index (χ0) is 24.7. The average molecular weight is 473 g/mol. The standard InChI is InChI=1S/C28H36N6O/c1-31-33-27(19-25(30)24-9-5-6-10-26(24)35)32-22-13-17-34(18-14-22)23-11-15-28(20-29,16-12-23)21-7-3-2-4-8-21/h2-10,19,22-23,31,35H,11-18,30H2,1H3,(H,32,33). The van der Waals surface area contributed by atoms with E-state index in [1.165, 1.54) is 0 Å². The van der Waals surface area contributed by atoms with Crippen LogP contribution in [0.3, 0.4) is 0 Å². The molecule has 7 nitrogen and oxygen atoms in total. The number of hydrogen-bond acceptors (Lipinski definition) is 6. The number of aromatic hydroxyl groups is 1. The summed E-state index contributed by atoms with van der Waals surface area (Å²) in [6.45, 7) is 2.02. The molecule has 0 unspecified atom stereocenters. The molecular weight excluding hydrogens is 436 g/mol. The van der Waals surface area contributed by atoms with Crippen LogP contribution in [0.5, 0.6) is 5.75 Å². The molecule has 0 aromatic heterocycles. The van der Waals surface area contributed by atoms with Crippen molar-refractivity contribution in [2.45, 2.75) is 56.0 Å². The Balaban J connectivity index is 1.35. The Morgan fingerprint density at radius 3 is 2.37 bits per heavy atom. The summed E-state index contributed by atoms with van der Waals surface area (Å²) in [5, 5.41) is 20.1. The number of nitrogens with one attached hydrogen (secondary N) is 2. The highest BCUT2D eigenvalue weighted by atomic mass is 16.3. The van der Waals surface area contributed by atoms with Crippen molar-refractivity contribution in [3.63, 3.8) is 0 Å². The molecule has 2 fully saturated rings. The number of benzene rings is 2. The number of phenolic OH excluding ortho intramolecular Hbond substituents is 1. The van der Waals surface area contributed by atoms with E-state index >= 15 is 0 Å². The minimum Gasteiger partial charge on any atom is -0.507 e. The molecule has 1 saturated carbocycles. The van der Waals surface area contributed by atoms with Crippen LogP contribution < -0.4 is 16.6 Å². The molecule has 1 saturated heterocycles. The number of rotatable bonds is 6. The molecule has 4 rings (SSSR count). The second kappa shape index (κ2) is 11.4. The lowest BCUT2D eigenvalue weighted by atomic mass is 9.69. The minimum absolute atomic E-state index is 0.151. The normalized spacial score (nSPS) is 24.6. The van der Waals surface area contributed by atoms with Crippen molar-refractivity contribution in [2.24, 2.45) is 10.7 Å². The Morgan fingerprint density at radius 1 is 1.09 bits per heavy atom. The van der Waals surface area contributed by atoms with Gasteiger partial charge in [0.05, 0.1) is 17.5 Å². The number of nitrogens with zero attached hydrogens (tertiary/aromatic N) is 3. The van der Waals surface area contributed by atoms with Crippen LogP contribution in [0.15, 0.2) is 65.7 Å². The average Bonchev–Trinajstić information content (AvgIpc) is 2.90. The molecule has 2 aromatic rings. The van der Waals surface area contributed by atoms with E-state index in [9.17, 15) is 10.4 Å². The van der Waals surface area contributed by atoms with Crippen LogP contribution >= 0.6 is 0 Å². The van der Waals surface area contributed by atoms with Crippen LogP contribution in [0.25, 0.3) is 5.70 Å². The molecule has 2 aromatic carbocycles. The highest BCUT2D eigenvalue weighted by Gasteiger charge is 2.39. The second-order valence-electron chi connectivity index (χ2n) is 9.56. The zero-order valence-corrected chi connectivity index (χ0v) is 20.5. The quantitative estimate of drug-likeness (QED) is 0.290. The highest BCUT2D eigenvalue weighted by molar-refractivity contribution is 5.99. The summed E-state index contributed by atoms with van der Waals surface area (Å²) >= 11 is 0. The van der Waals surface area contributed by atoms with Crippen molar-refractivity contribution in [1.82, 2.24) is 15.8 Å². The lowest BCUT2D eigenvalue weighted by molar-refractivity contribution is 0.109. The number of aliphatic imine (C=N–C) groups is 1. The molecule has 0 amide bonds. The molecule has 0 radical (unpaired) electrons. The maximum atomic E-state index is 10.1. The predicted molar refractivity (Wildman–Crippen MR) is 140 cm³/mol. The Kier molecular flexibility index (Phi) is 8.06. The van der Waals surface area contributed by atoms with Crippen molar-refractivity contribution in [2.75, 3.05) is 20.1 Å². The van der Waals surface area contributed by atoms with E-state index in [1.54, 1.807) is 31.3 Å². The van der Waals surface area contributed by atoms with Gasteiger partial charge in [0.15, 0.2) is 0 Å². The lowest BCUT2D eigenvalue weighted by Crippen LogP contribution is -2.46. The van der Waals surface area contributed by atoms with Gasteiger partial charge in [-0.2, -0.15) is 5.26 Å². The van der Waals surface area contributed by atoms with Crippen molar-refractivity contribution < 1.29 is 5.11 Å². The Bertz CT molecular complexity index is 1070. The minimum atomic E-state index is -0.340. The monoisotopic (exact) mass is 472 g/mol. The molecule has 5 N–H and O–H groups in total. The van der Waals surface area contributed by atoms with Crippen molar-refractivity contribution >= 4 is 11.5 Å². The van der Waals surface area contributed by atoms with Crippen LogP contribution in [0, 0.1) is 11.3 Å². The van der Waals surface area contributed by atoms with Gasteiger partial charge in [0.2, 0.25) is 0 Å². The fourth-order valence-electron chi connectivity index (χ4n) is 5.44. The molecule has 35 heavy (non-hydrogen) atoms. The second-order valence-corrected chi connectivity index (χ2v) is 9.56. The summed E-state index contributed by atoms with van der Waals surface area (Å²) in [7, 11) is 1.79. The first kappa shape index (κ1) is 24.8. The maximum absolute atomic E-state index is 10.1. The molecule has 0 spiro atoms. The van der Waals surface area contributed by atoms with Gasteiger partial charge in [-0.1, -0.05) is 42.5 Å². The molecule has 1 aliphatic carbocycles. The number of piperidine rings is 1. The van der Waals surface area contributed by atoms with Gasteiger partial charge in [0.25, 0.3) is 0 Å².